The summed E-state index contributed by atoms with van der Waals surface area (Å²) in [5.74, 6) is 1.54. The Hall–Kier alpha value is -1.75. The summed E-state index contributed by atoms with van der Waals surface area (Å²) >= 11 is 0. The summed E-state index contributed by atoms with van der Waals surface area (Å²) in [7, 11) is 0. The van der Waals surface area contributed by atoms with Gasteiger partial charge in [-0.1, -0.05) is 0 Å². The maximum atomic E-state index is 8.97. The number of pyridine rings is 1. The van der Waals surface area contributed by atoms with Crippen LogP contribution in [0.5, 0.6) is 0 Å². The minimum atomic E-state index is 0.273. The lowest BCUT2D eigenvalue weighted by molar-refractivity contribution is 0.263. The third-order valence-electron chi connectivity index (χ3n) is 3.46. The number of fused-ring (bicyclic) bond motifs is 1. The van der Waals surface area contributed by atoms with E-state index in [4.69, 9.17) is 5.11 Å². The monoisotopic (exact) mass is 244 g/mol. The van der Waals surface area contributed by atoms with Crippen LogP contribution in [0, 0.1) is 5.92 Å². The molecule has 1 aliphatic rings. The van der Waals surface area contributed by atoms with Crippen molar-refractivity contribution in [2.75, 3.05) is 24.6 Å². The molecule has 1 saturated heterocycles. The highest BCUT2D eigenvalue weighted by atomic mass is 16.3. The van der Waals surface area contributed by atoms with Crippen LogP contribution in [0.4, 0.5) is 5.82 Å². The van der Waals surface area contributed by atoms with Crippen molar-refractivity contribution < 1.29 is 5.11 Å². The van der Waals surface area contributed by atoms with Gasteiger partial charge in [0.1, 0.15) is 11.3 Å². The van der Waals surface area contributed by atoms with E-state index in [1.54, 1.807) is 12.4 Å². The number of aromatic nitrogens is 3. The molecule has 1 N–H and O–H groups in total. The molecule has 0 spiro atoms. The van der Waals surface area contributed by atoms with E-state index in [-0.39, 0.29) is 6.61 Å². The van der Waals surface area contributed by atoms with E-state index in [0.29, 0.717) is 11.6 Å². The predicted octanol–water partition coefficient (Wildman–Crippen LogP) is 1.23. The molecule has 3 heterocycles. The molecule has 1 unspecified atom stereocenters. The molecule has 0 bridgehead atoms. The van der Waals surface area contributed by atoms with Gasteiger partial charge in [-0.2, -0.15) is 0 Å². The molecule has 3 rings (SSSR count). The normalized spacial score (nSPS) is 19.6. The molecule has 5 nitrogen and oxygen atoms in total. The maximum absolute atomic E-state index is 8.97. The molecule has 0 radical (unpaired) electrons. The minimum absolute atomic E-state index is 0.273. The molecule has 94 valence electrons. The number of hydrogen-bond donors (Lipinski definition) is 1. The Morgan fingerprint density at radius 3 is 3.06 bits per heavy atom. The van der Waals surface area contributed by atoms with Crippen molar-refractivity contribution in [1.82, 2.24) is 15.0 Å². The highest BCUT2D eigenvalue weighted by Gasteiger charge is 2.23. The van der Waals surface area contributed by atoms with E-state index in [1.807, 2.05) is 12.1 Å². The van der Waals surface area contributed by atoms with Crippen LogP contribution in [0.15, 0.2) is 24.5 Å². The highest BCUT2D eigenvalue weighted by Crippen LogP contribution is 2.24. The largest absolute Gasteiger partial charge is 0.396 e. The molecular weight excluding hydrogens is 228 g/mol. The first kappa shape index (κ1) is 11.3. The van der Waals surface area contributed by atoms with E-state index in [0.717, 1.165) is 37.3 Å². The number of rotatable bonds is 3. The number of aliphatic hydroxyl groups excluding tert-OH is 1. The van der Waals surface area contributed by atoms with E-state index >= 15 is 0 Å². The molecule has 18 heavy (non-hydrogen) atoms. The number of aliphatic hydroxyl groups is 1. The van der Waals surface area contributed by atoms with Gasteiger partial charge in [-0.15, -0.1) is 0 Å². The lowest BCUT2D eigenvalue weighted by atomic mass is 10.1. The average Bonchev–Trinajstić information content (AvgIpc) is 2.87. The lowest BCUT2D eigenvalue weighted by Gasteiger charge is -2.17. The molecular formula is C13H16N4O. The van der Waals surface area contributed by atoms with Gasteiger partial charge in [0.05, 0.1) is 0 Å². The zero-order chi connectivity index (χ0) is 12.4. The molecule has 0 aromatic carbocycles. The summed E-state index contributed by atoms with van der Waals surface area (Å²) in [4.78, 5) is 15.2. The molecule has 0 aliphatic carbocycles. The number of anilines is 1. The maximum Gasteiger partial charge on any atom is 0.180 e. The first-order valence-electron chi connectivity index (χ1n) is 6.30. The third-order valence-corrected chi connectivity index (χ3v) is 3.46. The summed E-state index contributed by atoms with van der Waals surface area (Å²) in [6.45, 7) is 2.25. The van der Waals surface area contributed by atoms with Crippen molar-refractivity contribution in [3.05, 3.63) is 24.5 Å². The molecule has 1 atom stereocenters. The third kappa shape index (κ3) is 2.13. The lowest BCUT2D eigenvalue weighted by Crippen LogP contribution is -2.21. The summed E-state index contributed by atoms with van der Waals surface area (Å²) in [6, 6.07) is 3.96. The fourth-order valence-corrected chi connectivity index (χ4v) is 2.48. The summed E-state index contributed by atoms with van der Waals surface area (Å²) in [5.41, 5.74) is 1.52. The van der Waals surface area contributed by atoms with Crippen molar-refractivity contribution in [3.8, 4) is 0 Å². The van der Waals surface area contributed by atoms with Gasteiger partial charge in [-0.25, -0.2) is 9.97 Å². The Morgan fingerprint density at radius 2 is 2.17 bits per heavy atom. The van der Waals surface area contributed by atoms with Gasteiger partial charge >= 0.3 is 0 Å². The van der Waals surface area contributed by atoms with Gasteiger partial charge in [-0.05, 0) is 30.9 Å². The molecule has 2 aromatic rings. The van der Waals surface area contributed by atoms with Crippen LogP contribution < -0.4 is 4.90 Å². The standard InChI is InChI=1S/C13H16N4O/c18-8-4-10-3-7-17(9-10)12-2-1-11-13(16-12)15-6-5-14-11/h1-2,5-6,10,18H,3-4,7-9H2. The molecule has 1 aliphatic heterocycles. The zero-order valence-electron chi connectivity index (χ0n) is 10.2. The van der Waals surface area contributed by atoms with E-state index in [1.165, 1.54) is 0 Å². The second-order valence-corrected chi connectivity index (χ2v) is 4.68. The summed E-state index contributed by atoms with van der Waals surface area (Å²) in [5, 5.41) is 8.97. The second kappa shape index (κ2) is 4.86. The van der Waals surface area contributed by atoms with Crippen LogP contribution in [-0.2, 0) is 0 Å². The second-order valence-electron chi connectivity index (χ2n) is 4.68. The molecule has 1 fully saturated rings. The highest BCUT2D eigenvalue weighted by molar-refractivity contribution is 5.71. The van der Waals surface area contributed by atoms with Crippen molar-refractivity contribution in [3.63, 3.8) is 0 Å². The predicted molar refractivity (Wildman–Crippen MR) is 69.4 cm³/mol. The van der Waals surface area contributed by atoms with Gasteiger partial charge in [-0.3, -0.25) is 4.98 Å². The first-order valence-corrected chi connectivity index (χ1v) is 6.30. The first-order chi connectivity index (χ1) is 8.86. The van der Waals surface area contributed by atoms with Gasteiger partial charge < -0.3 is 10.0 Å². The zero-order valence-corrected chi connectivity index (χ0v) is 10.2. The fourth-order valence-electron chi connectivity index (χ4n) is 2.48. The van der Waals surface area contributed by atoms with Gasteiger partial charge in [0.25, 0.3) is 0 Å². The van der Waals surface area contributed by atoms with Crippen LogP contribution in [0.2, 0.25) is 0 Å². The molecule has 2 aromatic heterocycles. The Bertz CT molecular complexity index is 545. The molecule has 5 heteroatoms. The van der Waals surface area contributed by atoms with Crippen LogP contribution in [0.1, 0.15) is 12.8 Å². The van der Waals surface area contributed by atoms with E-state index in [9.17, 15) is 0 Å². The Labute approximate surface area is 106 Å². The molecule has 0 amide bonds. The summed E-state index contributed by atoms with van der Waals surface area (Å²) in [6.07, 6.45) is 5.35. The quantitative estimate of drug-likeness (QED) is 0.880. The Kier molecular flexibility index (Phi) is 3.06. The minimum Gasteiger partial charge on any atom is -0.396 e. The van der Waals surface area contributed by atoms with Gasteiger partial charge in [0.2, 0.25) is 0 Å². The Morgan fingerprint density at radius 1 is 1.28 bits per heavy atom. The number of hydrogen-bond acceptors (Lipinski definition) is 5. The SMILES string of the molecule is OCCC1CCN(c2ccc3nccnc3n2)C1. The van der Waals surface area contributed by atoms with E-state index in [2.05, 4.69) is 19.9 Å². The van der Waals surface area contributed by atoms with Gasteiger partial charge in [0, 0.05) is 32.1 Å². The summed E-state index contributed by atoms with van der Waals surface area (Å²) < 4.78 is 0. The fraction of sp³-hybridized carbons (Fsp3) is 0.462. The molecule has 0 saturated carbocycles. The van der Waals surface area contributed by atoms with Crippen molar-refractivity contribution in [2.45, 2.75) is 12.8 Å². The topological polar surface area (TPSA) is 62.1 Å². The van der Waals surface area contributed by atoms with E-state index < -0.39 is 0 Å². The Balaban J connectivity index is 1.82. The smallest absolute Gasteiger partial charge is 0.180 e. The van der Waals surface area contributed by atoms with Crippen LogP contribution in [0.3, 0.4) is 0 Å². The van der Waals surface area contributed by atoms with Gasteiger partial charge in [0.15, 0.2) is 5.65 Å². The van der Waals surface area contributed by atoms with Crippen molar-refractivity contribution in [1.29, 1.82) is 0 Å². The van der Waals surface area contributed by atoms with Crippen LogP contribution in [0.25, 0.3) is 11.2 Å². The number of nitrogens with zero attached hydrogens (tertiary/aromatic N) is 4. The van der Waals surface area contributed by atoms with Crippen molar-refractivity contribution in [2.24, 2.45) is 5.92 Å². The van der Waals surface area contributed by atoms with Crippen LogP contribution >= 0.6 is 0 Å². The van der Waals surface area contributed by atoms with Crippen LogP contribution in [-0.4, -0.2) is 39.8 Å². The average molecular weight is 244 g/mol. The van der Waals surface area contributed by atoms with Crippen molar-refractivity contribution >= 4 is 17.0 Å².